The topological polar surface area (TPSA) is 55.6 Å². The van der Waals surface area contributed by atoms with Crippen LogP contribution in [0.3, 0.4) is 0 Å². The Kier molecular flexibility index (Phi) is 2.71. The number of aryl methyl sites for hydroxylation is 2. The maximum Gasteiger partial charge on any atom is 0.184 e. The Hall–Kier alpha value is -1.95. The van der Waals surface area contributed by atoms with Crippen molar-refractivity contribution in [3.63, 3.8) is 0 Å². The minimum atomic E-state index is 0.634. The van der Waals surface area contributed by atoms with Crippen LogP contribution in [-0.2, 0) is 13.6 Å². The number of nitrogens with zero attached hydrogens (tertiary/aromatic N) is 4. The average Bonchev–Trinajstić information content (AvgIpc) is 2.93. The summed E-state index contributed by atoms with van der Waals surface area (Å²) in [4.78, 5) is 4.59. The van der Waals surface area contributed by atoms with Gasteiger partial charge in [0.2, 0.25) is 0 Å². The molecule has 6 heteroatoms. The van der Waals surface area contributed by atoms with Crippen molar-refractivity contribution in [1.82, 2.24) is 19.7 Å². The quantitative estimate of drug-likeness (QED) is 0.784. The van der Waals surface area contributed by atoms with Gasteiger partial charge in [0.25, 0.3) is 0 Å². The molecule has 3 aromatic rings. The van der Waals surface area contributed by atoms with Gasteiger partial charge in [-0.15, -0.1) is 10.2 Å². The van der Waals surface area contributed by atoms with Crippen LogP contribution < -0.4 is 5.32 Å². The first-order valence-corrected chi connectivity index (χ1v) is 6.48. The third kappa shape index (κ3) is 1.95. The highest BCUT2D eigenvalue weighted by Gasteiger charge is 2.06. The fourth-order valence-electron chi connectivity index (χ4n) is 1.78. The van der Waals surface area contributed by atoms with Crippen molar-refractivity contribution in [2.45, 2.75) is 13.5 Å². The SMILES string of the molecule is Cc1cccc2sc(NCc3nncn3C)nc12. The minimum absolute atomic E-state index is 0.634. The van der Waals surface area contributed by atoms with Gasteiger partial charge in [0.15, 0.2) is 11.0 Å². The molecule has 0 bridgehead atoms. The molecule has 5 nitrogen and oxygen atoms in total. The summed E-state index contributed by atoms with van der Waals surface area (Å²) in [6, 6.07) is 6.23. The summed E-state index contributed by atoms with van der Waals surface area (Å²) in [6.07, 6.45) is 1.69. The molecule has 92 valence electrons. The number of thiazole rings is 1. The smallest absolute Gasteiger partial charge is 0.184 e. The number of para-hydroxylation sites is 1. The molecule has 0 aliphatic heterocycles. The molecule has 2 aromatic heterocycles. The van der Waals surface area contributed by atoms with Gasteiger partial charge in [-0.3, -0.25) is 0 Å². The Labute approximate surface area is 109 Å². The van der Waals surface area contributed by atoms with Gasteiger partial charge in [0.1, 0.15) is 6.33 Å². The molecule has 0 amide bonds. The Bertz CT molecular complexity index is 685. The fourth-order valence-corrected chi connectivity index (χ4v) is 2.72. The number of hydrogen-bond donors (Lipinski definition) is 1. The van der Waals surface area contributed by atoms with Gasteiger partial charge in [0.05, 0.1) is 16.8 Å². The van der Waals surface area contributed by atoms with E-state index in [4.69, 9.17) is 0 Å². The van der Waals surface area contributed by atoms with Crippen LogP contribution in [0.2, 0.25) is 0 Å². The first-order chi connectivity index (χ1) is 8.74. The Morgan fingerprint density at radius 1 is 1.39 bits per heavy atom. The second-order valence-electron chi connectivity index (χ2n) is 4.15. The van der Waals surface area contributed by atoms with Gasteiger partial charge in [-0.2, -0.15) is 0 Å². The van der Waals surface area contributed by atoms with E-state index in [-0.39, 0.29) is 0 Å². The molecular weight excluding hydrogens is 246 g/mol. The molecule has 1 aromatic carbocycles. The molecule has 3 rings (SSSR count). The predicted molar refractivity (Wildman–Crippen MR) is 72.7 cm³/mol. The normalized spacial score (nSPS) is 11.0. The van der Waals surface area contributed by atoms with Crippen LogP contribution in [0.15, 0.2) is 24.5 Å². The zero-order chi connectivity index (χ0) is 12.5. The molecule has 18 heavy (non-hydrogen) atoms. The van der Waals surface area contributed by atoms with Crippen molar-refractivity contribution in [2.24, 2.45) is 7.05 Å². The van der Waals surface area contributed by atoms with Crippen LogP contribution in [0.25, 0.3) is 10.2 Å². The second-order valence-corrected chi connectivity index (χ2v) is 5.18. The number of anilines is 1. The third-order valence-electron chi connectivity index (χ3n) is 2.82. The summed E-state index contributed by atoms with van der Waals surface area (Å²) < 4.78 is 3.10. The highest BCUT2D eigenvalue weighted by atomic mass is 32.1. The monoisotopic (exact) mass is 259 g/mol. The lowest BCUT2D eigenvalue weighted by Crippen LogP contribution is -2.05. The molecule has 0 unspecified atom stereocenters. The predicted octanol–water partition coefficient (Wildman–Crippen LogP) is 2.35. The zero-order valence-electron chi connectivity index (χ0n) is 10.2. The van der Waals surface area contributed by atoms with Crippen LogP contribution >= 0.6 is 11.3 Å². The third-order valence-corrected chi connectivity index (χ3v) is 3.80. The van der Waals surface area contributed by atoms with Crippen LogP contribution in [0, 0.1) is 6.92 Å². The molecule has 2 heterocycles. The maximum atomic E-state index is 4.59. The number of nitrogens with one attached hydrogen (secondary N) is 1. The van der Waals surface area contributed by atoms with Crippen molar-refractivity contribution in [2.75, 3.05) is 5.32 Å². The molecule has 0 fully saturated rings. The Morgan fingerprint density at radius 2 is 2.28 bits per heavy atom. The van der Waals surface area contributed by atoms with E-state index in [1.54, 1.807) is 17.7 Å². The van der Waals surface area contributed by atoms with Crippen LogP contribution in [-0.4, -0.2) is 19.7 Å². The molecule has 0 aliphatic rings. The standard InChI is InChI=1S/C12H13N5S/c1-8-4-3-5-9-11(8)15-12(18-9)13-6-10-16-14-7-17(10)2/h3-5,7H,6H2,1-2H3,(H,13,15). The first kappa shape index (κ1) is 11.2. The largest absolute Gasteiger partial charge is 0.354 e. The molecule has 0 aliphatic carbocycles. The summed E-state index contributed by atoms with van der Waals surface area (Å²) >= 11 is 1.66. The van der Waals surface area contributed by atoms with Gasteiger partial charge in [-0.1, -0.05) is 23.5 Å². The van der Waals surface area contributed by atoms with E-state index >= 15 is 0 Å². The van der Waals surface area contributed by atoms with Crippen molar-refractivity contribution < 1.29 is 0 Å². The van der Waals surface area contributed by atoms with Gasteiger partial charge in [0, 0.05) is 7.05 Å². The van der Waals surface area contributed by atoms with E-state index in [9.17, 15) is 0 Å². The summed E-state index contributed by atoms with van der Waals surface area (Å²) in [6.45, 7) is 2.71. The summed E-state index contributed by atoms with van der Waals surface area (Å²) in [7, 11) is 1.93. The second kappa shape index (κ2) is 4.38. The summed E-state index contributed by atoms with van der Waals surface area (Å²) in [5, 5.41) is 12.1. The molecule has 1 N–H and O–H groups in total. The average molecular weight is 259 g/mol. The minimum Gasteiger partial charge on any atom is -0.354 e. The summed E-state index contributed by atoms with van der Waals surface area (Å²) in [5.41, 5.74) is 2.28. The van der Waals surface area contributed by atoms with Gasteiger partial charge < -0.3 is 9.88 Å². The van der Waals surface area contributed by atoms with Gasteiger partial charge in [-0.05, 0) is 18.6 Å². The molecule has 0 saturated carbocycles. The van der Waals surface area contributed by atoms with Gasteiger partial charge in [-0.25, -0.2) is 4.98 Å². The van der Waals surface area contributed by atoms with E-state index in [1.165, 1.54) is 10.3 Å². The zero-order valence-corrected chi connectivity index (χ0v) is 11.0. The van der Waals surface area contributed by atoms with Crippen LogP contribution in [0.4, 0.5) is 5.13 Å². The van der Waals surface area contributed by atoms with E-state index in [0.717, 1.165) is 16.5 Å². The van der Waals surface area contributed by atoms with Crippen LogP contribution in [0.1, 0.15) is 11.4 Å². The van der Waals surface area contributed by atoms with Gasteiger partial charge >= 0.3 is 0 Å². The lowest BCUT2D eigenvalue weighted by atomic mass is 10.2. The number of fused-ring (bicyclic) bond motifs is 1. The number of aromatic nitrogens is 4. The number of benzene rings is 1. The van der Waals surface area contributed by atoms with Crippen molar-refractivity contribution in [3.8, 4) is 0 Å². The highest BCUT2D eigenvalue weighted by molar-refractivity contribution is 7.22. The van der Waals surface area contributed by atoms with E-state index in [2.05, 4.69) is 45.6 Å². The number of rotatable bonds is 3. The Balaban J connectivity index is 1.83. The number of hydrogen-bond acceptors (Lipinski definition) is 5. The Morgan fingerprint density at radius 3 is 3.00 bits per heavy atom. The molecule has 0 radical (unpaired) electrons. The molecule has 0 atom stereocenters. The van der Waals surface area contributed by atoms with Crippen molar-refractivity contribution in [1.29, 1.82) is 0 Å². The lowest BCUT2D eigenvalue weighted by Gasteiger charge is -2.00. The lowest BCUT2D eigenvalue weighted by molar-refractivity contribution is 0.812. The van der Waals surface area contributed by atoms with Crippen molar-refractivity contribution >= 4 is 26.7 Å². The molecule has 0 saturated heterocycles. The van der Waals surface area contributed by atoms with Crippen LogP contribution in [0.5, 0.6) is 0 Å². The van der Waals surface area contributed by atoms with E-state index in [0.29, 0.717) is 6.54 Å². The fraction of sp³-hybridized carbons (Fsp3) is 0.250. The first-order valence-electron chi connectivity index (χ1n) is 5.67. The van der Waals surface area contributed by atoms with E-state index in [1.807, 2.05) is 11.6 Å². The van der Waals surface area contributed by atoms with E-state index < -0.39 is 0 Å². The molecule has 0 spiro atoms. The maximum absolute atomic E-state index is 4.59. The molecular formula is C12H13N5S. The summed E-state index contributed by atoms with van der Waals surface area (Å²) in [5.74, 6) is 0.894. The highest BCUT2D eigenvalue weighted by Crippen LogP contribution is 2.27. The van der Waals surface area contributed by atoms with Crippen molar-refractivity contribution in [3.05, 3.63) is 35.9 Å².